The van der Waals surface area contributed by atoms with Gasteiger partial charge >= 0.3 is 0 Å². The number of rotatable bonds is 2. The van der Waals surface area contributed by atoms with Gasteiger partial charge in [-0.15, -0.1) is 0 Å². The molecule has 0 unspecified atom stereocenters. The zero-order chi connectivity index (χ0) is 10.7. The minimum atomic E-state index is -3.38. The summed E-state index contributed by atoms with van der Waals surface area (Å²) in [6.07, 6.45) is 0. The smallest absolute Gasteiger partial charge is 0.161 e. The van der Waals surface area contributed by atoms with Gasteiger partial charge in [0, 0.05) is 65.4 Å². The summed E-state index contributed by atoms with van der Waals surface area (Å²) in [4.78, 5) is 0.569. The third-order valence-electron chi connectivity index (χ3n) is 2.00. The molecule has 0 N–H and O–H groups in total. The molecule has 2 radical (unpaired) electrons. The van der Waals surface area contributed by atoms with Gasteiger partial charge < -0.3 is 0 Å². The van der Waals surface area contributed by atoms with Gasteiger partial charge in [-0.3, -0.25) is 0 Å². The molecule has 0 saturated carbocycles. The van der Waals surface area contributed by atoms with Crippen LogP contribution >= 0.6 is 0 Å². The summed E-state index contributed by atoms with van der Waals surface area (Å²) in [5.41, 5.74) is 0. The Balaban J connectivity index is 0.00000128. The zero-order valence-electron chi connectivity index (χ0n) is 9.00. The van der Waals surface area contributed by atoms with E-state index in [2.05, 4.69) is 12.1 Å². The molecule has 0 saturated heterocycles. The second-order valence-corrected chi connectivity index (χ2v) is 4.92. The van der Waals surface area contributed by atoms with E-state index in [1.54, 1.807) is 24.3 Å². The molecule has 82 valence electrons. The Kier molecular flexibility index (Phi) is 8.19. The maximum absolute atomic E-state index is 12.0. The van der Waals surface area contributed by atoms with Gasteiger partial charge in [-0.1, -0.05) is 0 Å². The standard InChI is InChI=1S/C12H8O2S.2Y/c13-15(14,11-7-3-1-4-8-11)12-9-5-2-6-10-12;;/h3-10H;;/q-2;;. The van der Waals surface area contributed by atoms with Crippen LogP contribution in [0.4, 0.5) is 0 Å². The molecule has 0 aliphatic carbocycles. The molecule has 2 rings (SSSR count). The van der Waals surface area contributed by atoms with E-state index < -0.39 is 9.84 Å². The van der Waals surface area contributed by atoms with E-state index in [9.17, 15) is 8.42 Å². The van der Waals surface area contributed by atoms with Gasteiger partial charge in [-0.2, -0.15) is 60.7 Å². The summed E-state index contributed by atoms with van der Waals surface area (Å²) in [7, 11) is -3.38. The van der Waals surface area contributed by atoms with E-state index in [1.165, 1.54) is 24.3 Å². The van der Waals surface area contributed by atoms with Crippen LogP contribution in [0.5, 0.6) is 0 Å². The third-order valence-corrected chi connectivity index (χ3v) is 3.78. The van der Waals surface area contributed by atoms with Gasteiger partial charge in [0.2, 0.25) is 0 Å². The second-order valence-electron chi connectivity index (χ2n) is 2.97. The van der Waals surface area contributed by atoms with Crippen molar-refractivity contribution in [2.24, 2.45) is 0 Å². The number of sulfone groups is 1. The van der Waals surface area contributed by atoms with Gasteiger partial charge in [0.15, 0.2) is 9.84 Å². The Morgan fingerprint density at radius 2 is 1.00 bits per heavy atom. The van der Waals surface area contributed by atoms with Gasteiger partial charge in [0.1, 0.15) is 0 Å². The monoisotopic (exact) mass is 394 g/mol. The van der Waals surface area contributed by atoms with E-state index >= 15 is 0 Å². The zero-order valence-corrected chi connectivity index (χ0v) is 15.5. The van der Waals surface area contributed by atoms with Crippen LogP contribution in [0.25, 0.3) is 0 Å². The van der Waals surface area contributed by atoms with E-state index in [1.807, 2.05) is 0 Å². The SMILES string of the molecule is O=S(=O)(c1cc[c-]cc1)c1cc[c-]cc1.[Y].[Y]. The number of hydrogen-bond acceptors (Lipinski definition) is 2. The first-order valence-electron chi connectivity index (χ1n) is 4.38. The normalized spacial score (nSPS) is 9.88. The van der Waals surface area contributed by atoms with Gasteiger partial charge in [0.25, 0.3) is 0 Å². The van der Waals surface area contributed by atoms with Crippen LogP contribution in [-0.2, 0) is 75.3 Å². The Morgan fingerprint density at radius 1 is 0.706 bits per heavy atom. The molecule has 2 aromatic carbocycles. The molecular weight excluding hydrogens is 386 g/mol. The average molecular weight is 394 g/mol. The summed E-state index contributed by atoms with van der Waals surface area (Å²) in [5.74, 6) is 0. The maximum Gasteiger partial charge on any atom is 0.161 e. The van der Waals surface area contributed by atoms with Crippen molar-refractivity contribution in [2.75, 3.05) is 0 Å². The minimum Gasteiger partial charge on any atom is -0.223 e. The van der Waals surface area contributed by atoms with E-state index in [-0.39, 0.29) is 75.2 Å². The summed E-state index contributed by atoms with van der Waals surface area (Å²) < 4.78 is 24.0. The predicted molar refractivity (Wildman–Crippen MR) is 56.0 cm³/mol. The Hall–Kier alpha value is 0.598. The molecule has 0 spiro atoms. The molecule has 0 amide bonds. The van der Waals surface area contributed by atoms with Crippen molar-refractivity contribution in [3.63, 3.8) is 0 Å². The molecule has 0 aliphatic heterocycles. The van der Waals surface area contributed by atoms with E-state index in [0.717, 1.165) is 0 Å². The fraction of sp³-hybridized carbons (Fsp3) is 0. The molecule has 0 aliphatic rings. The quantitative estimate of drug-likeness (QED) is 0.732. The Morgan fingerprint density at radius 3 is 1.29 bits per heavy atom. The molecule has 2 nitrogen and oxygen atoms in total. The van der Waals surface area contributed by atoms with Gasteiger partial charge in [0.05, 0.1) is 0 Å². The van der Waals surface area contributed by atoms with Crippen LogP contribution < -0.4 is 0 Å². The molecule has 5 heteroatoms. The topological polar surface area (TPSA) is 34.1 Å². The van der Waals surface area contributed by atoms with Crippen molar-refractivity contribution in [1.29, 1.82) is 0 Å². The largest absolute Gasteiger partial charge is 0.223 e. The summed E-state index contributed by atoms with van der Waals surface area (Å²) >= 11 is 0. The third kappa shape index (κ3) is 4.32. The van der Waals surface area contributed by atoms with Crippen molar-refractivity contribution in [3.05, 3.63) is 60.7 Å². The Bertz CT molecular complexity index is 494. The fourth-order valence-corrected chi connectivity index (χ4v) is 2.50. The summed E-state index contributed by atoms with van der Waals surface area (Å²) in [6.45, 7) is 0. The molecular formula is C12H8O2SY2-2. The van der Waals surface area contributed by atoms with Crippen molar-refractivity contribution >= 4 is 9.84 Å². The number of benzene rings is 2. The van der Waals surface area contributed by atoms with Crippen LogP contribution in [0, 0.1) is 12.1 Å². The van der Waals surface area contributed by atoms with Crippen LogP contribution in [-0.4, -0.2) is 8.42 Å². The predicted octanol–water partition coefficient (Wildman–Crippen LogP) is 2.11. The van der Waals surface area contributed by atoms with Crippen LogP contribution in [0.2, 0.25) is 0 Å². The molecule has 0 aromatic heterocycles. The van der Waals surface area contributed by atoms with Crippen molar-refractivity contribution in [2.45, 2.75) is 9.79 Å². The van der Waals surface area contributed by atoms with Gasteiger partial charge in [-0.25, -0.2) is 8.42 Å². The fourth-order valence-electron chi connectivity index (χ4n) is 1.24. The molecule has 0 heterocycles. The van der Waals surface area contributed by atoms with Gasteiger partial charge in [-0.05, 0) is 9.79 Å². The Labute approximate surface area is 152 Å². The first kappa shape index (κ1) is 17.6. The molecule has 0 atom stereocenters. The van der Waals surface area contributed by atoms with E-state index in [4.69, 9.17) is 0 Å². The number of hydrogen-bond donors (Lipinski definition) is 0. The first-order valence-corrected chi connectivity index (χ1v) is 5.87. The van der Waals surface area contributed by atoms with Crippen molar-refractivity contribution < 1.29 is 73.8 Å². The minimum absolute atomic E-state index is 0. The van der Waals surface area contributed by atoms with E-state index in [0.29, 0.717) is 0 Å². The van der Waals surface area contributed by atoms with Crippen molar-refractivity contribution in [3.8, 4) is 0 Å². The van der Waals surface area contributed by atoms with Crippen LogP contribution in [0.3, 0.4) is 0 Å². The molecule has 0 bridgehead atoms. The summed E-state index contributed by atoms with van der Waals surface area (Å²) in [6, 6.07) is 18.0. The maximum atomic E-state index is 12.0. The summed E-state index contributed by atoms with van der Waals surface area (Å²) in [5, 5.41) is 0. The average Bonchev–Trinajstić information content (AvgIpc) is 2.31. The molecule has 0 fully saturated rings. The first-order chi connectivity index (χ1) is 7.21. The molecule has 2 aromatic rings. The molecule has 17 heavy (non-hydrogen) atoms. The second kappa shape index (κ2) is 7.91. The van der Waals surface area contributed by atoms with Crippen LogP contribution in [0.1, 0.15) is 0 Å². The van der Waals surface area contributed by atoms with Crippen molar-refractivity contribution in [1.82, 2.24) is 0 Å². The van der Waals surface area contributed by atoms with Crippen LogP contribution in [0.15, 0.2) is 58.3 Å².